The van der Waals surface area contributed by atoms with Gasteiger partial charge in [0.25, 0.3) is 0 Å². The summed E-state index contributed by atoms with van der Waals surface area (Å²) in [5.74, 6) is 0.275. The van der Waals surface area contributed by atoms with Crippen LogP contribution in [0.25, 0.3) is 22.0 Å². The predicted molar refractivity (Wildman–Crippen MR) is 76.0 cm³/mol. The van der Waals surface area contributed by atoms with Crippen molar-refractivity contribution in [1.29, 1.82) is 0 Å². The van der Waals surface area contributed by atoms with E-state index in [1.165, 1.54) is 0 Å². The average Bonchev–Trinajstić information content (AvgIpc) is 2.83. The summed E-state index contributed by atoms with van der Waals surface area (Å²) in [5.41, 5.74) is 9.79. The number of aromatic hydroxyl groups is 1. The Kier molecular flexibility index (Phi) is 2.93. The minimum Gasteiger partial charge on any atom is -0.508 e. The first-order chi connectivity index (χ1) is 9.28. The van der Waals surface area contributed by atoms with E-state index in [0.29, 0.717) is 6.54 Å². The molecule has 0 saturated heterocycles. The Bertz CT molecular complexity index is 701. The third-order valence-electron chi connectivity index (χ3n) is 3.23. The molecule has 0 unspecified atom stereocenters. The van der Waals surface area contributed by atoms with Gasteiger partial charge in [0.1, 0.15) is 5.75 Å². The molecule has 3 rings (SSSR count). The van der Waals surface area contributed by atoms with Gasteiger partial charge in [-0.15, -0.1) is 0 Å². The SMILES string of the molecule is NCCc1[nH]nc2ccc(-c3ccc(O)cc3)cc12. The lowest BCUT2D eigenvalue weighted by Crippen LogP contribution is -2.03. The van der Waals surface area contributed by atoms with Crippen LogP contribution in [0.1, 0.15) is 5.69 Å². The van der Waals surface area contributed by atoms with E-state index >= 15 is 0 Å². The zero-order valence-electron chi connectivity index (χ0n) is 10.4. The Morgan fingerprint density at radius 2 is 1.79 bits per heavy atom. The topological polar surface area (TPSA) is 74.9 Å². The maximum atomic E-state index is 9.33. The summed E-state index contributed by atoms with van der Waals surface area (Å²) in [6.07, 6.45) is 0.787. The molecule has 0 bridgehead atoms. The number of nitrogens with two attached hydrogens (primary N) is 1. The molecule has 4 N–H and O–H groups in total. The maximum absolute atomic E-state index is 9.33. The van der Waals surface area contributed by atoms with Crippen LogP contribution < -0.4 is 5.73 Å². The number of aromatic nitrogens is 2. The molecule has 96 valence electrons. The van der Waals surface area contributed by atoms with Crippen molar-refractivity contribution in [3.8, 4) is 16.9 Å². The van der Waals surface area contributed by atoms with Crippen molar-refractivity contribution in [1.82, 2.24) is 10.2 Å². The lowest BCUT2D eigenvalue weighted by Gasteiger charge is -2.03. The lowest BCUT2D eigenvalue weighted by atomic mass is 10.0. The van der Waals surface area contributed by atoms with Crippen LogP contribution in [0, 0.1) is 0 Å². The number of nitrogens with zero attached hydrogens (tertiary/aromatic N) is 1. The number of hydrogen-bond donors (Lipinski definition) is 3. The van der Waals surface area contributed by atoms with Gasteiger partial charge in [0.05, 0.1) is 5.52 Å². The number of hydrogen-bond acceptors (Lipinski definition) is 3. The maximum Gasteiger partial charge on any atom is 0.115 e. The lowest BCUT2D eigenvalue weighted by molar-refractivity contribution is 0.475. The number of phenols is 1. The second-order valence-electron chi connectivity index (χ2n) is 4.52. The van der Waals surface area contributed by atoms with E-state index in [1.54, 1.807) is 12.1 Å². The molecule has 0 radical (unpaired) electrons. The number of rotatable bonds is 3. The van der Waals surface area contributed by atoms with Gasteiger partial charge in [-0.3, -0.25) is 5.10 Å². The van der Waals surface area contributed by atoms with Gasteiger partial charge in [0.2, 0.25) is 0 Å². The van der Waals surface area contributed by atoms with Crippen molar-refractivity contribution in [2.24, 2.45) is 5.73 Å². The van der Waals surface area contributed by atoms with Gasteiger partial charge in [-0.2, -0.15) is 5.10 Å². The van der Waals surface area contributed by atoms with Gasteiger partial charge in [-0.05, 0) is 41.9 Å². The molecule has 0 saturated carbocycles. The standard InChI is InChI=1S/C15H15N3O/c16-8-7-15-13-9-11(3-6-14(13)17-18-15)10-1-4-12(19)5-2-10/h1-6,9,19H,7-8,16H2,(H,17,18). The highest BCUT2D eigenvalue weighted by atomic mass is 16.3. The zero-order chi connectivity index (χ0) is 13.2. The molecule has 4 nitrogen and oxygen atoms in total. The summed E-state index contributed by atoms with van der Waals surface area (Å²) in [5, 5.41) is 17.7. The number of H-pyrrole nitrogens is 1. The van der Waals surface area contributed by atoms with Crippen molar-refractivity contribution in [2.45, 2.75) is 6.42 Å². The van der Waals surface area contributed by atoms with E-state index in [1.807, 2.05) is 24.3 Å². The Morgan fingerprint density at radius 1 is 1.05 bits per heavy atom. The molecule has 3 aromatic rings. The summed E-state index contributed by atoms with van der Waals surface area (Å²) in [7, 11) is 0. The molecule has 1 aromatic heterocycles. The fourth-order valence-corrected chi connectivity index (χ4v) is 2.23. The van der Waals surface area contributed by atoms with Crippen LogP contribution in [0.2, 0.25) is 0 Å². The van der Waals surface area contributed by atoms with E-state index in [9.17, 15) is 5.11 Å². The van der Waals surface area contributed by atoms with Crippen LogP contribution in [0.3, 0.4) is 0 Å². The first kappa shape index (κ1) is 11.7. The number of phenolic OH excluding ortho intramolecular Hbond substituents is 1. The van der Waals surface area contributed by atoms with Crippen LogP contribution in [-0.4, -0.2) is 21.8 Å². The van der Waals surface area contributed by atoms with E-state index in [2.05, 4.69) is 16.3 Å². The third kappa shape index (κ3) is 2.18. The monoisotopic (exact) mass is 253 g/mol. The highest BCUT2D eigenvalue weighted by Crippen LogP contribution is 2.26. The fourth-order valence-electron chi connectivity index (χ4n) is 2.23. The van der Waals surface area contributed by atoms with Gasteiger partial charge in [-0.1, -0.05) is 18.2 Å². The molecule has 0 aliphatic heterocycles. The summed E-state index contributed by atoms with van der Waals surface area (Å²) in [4.78, 5) is 0. The van der Waals surface area contributed by atoms with E-state index in [-0.39, 0.29) is 5.75 Å². The molecule has 2 aromatic carbocycles. The van der Waals surface area contributed by atoms with Crippen molar-refractivity contribution < 1.29 is 5.11 Å². The molecule has 1 heterocycles. The number of fused-ring (bicyclic) bond motifs is 1. The molecule has 0 fully saturated rings. The fraction of sp³-hybridized carbons (Fsp3) is 0.133. The summed E-state index contributed by atoms with van der Waals surface area (Å²) < 4.78 is 0. The second-order valence-corrected chi connectivity index (χ2v) is 4.52. The molecular weight excluding hydrogens is 238 g/mol. The molecule has 0 aliphatic rings. The van der Waals surface area contributed by atoms with Crippen molar-refractivity contribution in [3.63, 3.8) is 0 Å². The van der Waals surface area contributed by atoms with Crippen molar-refractivity contribution in [2.75, 3.05) is 6.54 Å². The van der Waals surface area contributed by atoms with E-state index < -0.39 is 0 Å². The molecular formula is C15H15N3O. The minimum absolute atomic E-state index is 0.275. The molecule has 0 aliphatic carbocycles. The minimum atomic E-state index is 0.275. The number of nitrogens with one attached hydrogen (secondary N) is 1. The Hall–Kier alpha value is -2.33. The quantitative estimate of drug-likeness (QED) is 0.671. The normalized spacial score (nSPS) is 11.0. The smallest absolute Gasteiger partial charge is 0.115 e. The highest BCUT2D eigenvalue weighted by Gasteiger charge is 2.06. The van der Waals surface area contributed by atoms with Crippen LogP contribution in [0.15, 0.2) is 42.5 Å². The zero-order valence-corrected chi connectivity index (χ0v) is 10.4. The second kappa shape index (κ2) is 4.74. The van der Waals surface area contributed by atoms with Gasteiger partial charge in [-0.25, -0.2) is 0 Å². The summed E-state index contributed by atoms with van der Waals surface area (Å²) in [6.45, 7) is 0.598. The van der Waals surface area contributed by atoms with Crippen molar-refractivity contribution in [3.05, 3.63) is 48.2 Å². The predicted octanol–water partition coefficient (Wildman–Crippen LogP) is 2.44. The molecule has 4 heteroatoms. The molecule has 19 heavy (non-hydrogen) atoms. The number of benzene rings is 2. The summed E-state index contributed by atoms with van der Waals surface area (Å²) in [6, 6.07) is 13.3. The van der Waals surface area contributed by atoms with E-state index in [4.69, 9.17) is 5.73 Å². The van der Waals surface area contributed by atoms with Crippen LogP contribution in [-0.2, 0) is 6.42 Å². The number of aromatic amines is 1. The van der Waals surface area contributed by atoms with Crippen LogP contribution >= 0.6 is 0 Å². The molecule has 0 amide bonds. The van der Waals surface area contributed by atoms with Gasteiger partial charge in [0, 0.05) is 17.5 Å². The Morgan fingerprint density at radius 3 is 2.53 bits per heavy atom. The first-order valence-electron chi connectivity index (χ1n) is 6.24. The Labute approximate surface area is 110 Å². The first-order valence-corrected chi connectivity index (χ1v) is 6.24. The Balaban J connectivity index is 2.09. The third-order valence-corrected chi connectivity index (χ3v) is 3.23. The average molecular weight is 253 g/mol. The van der Waals surface area contributed by atoms with Crippen LogP contribution in [0.4, 0.5) is 0 Å². The van der Waals surface area contributed by atoms with Crippen LogP contribution in [0.5, 0.6) is 5.75 Å². The van der Waals surface area contributed by atoms with E-state index in [0.717, 1.165) is 34.1 Å². The summed E-state index contributed by atoms with van der Waals surface area (Å²) >= 11 is 0. The van der Waals surface area contributed by atoms with Gasteiger partial charge < -0.3 is 10.8 Å². The van der Waals surface area contributed by atoms with Gasteiger partial charge >= 0.3 is 0 Å². The van der Waals surface area contributed by atoms with Gasteiger partial charge in [0.15, 0.2) is 0 Å². The highest BCUT2D eigenvalue weighted by molar-refractivity contribution is 5.86. The largest absolute Gasteiger partial charge is 0.508 e. The molecule has 0 atom stereocenters. The van der Waals surface area contributed by atoms with Crippen molar-refractivity contribution >= 4 is 10.9 Å². The molecule has 0 spiro atoms.